The molecule has 4 nitrogen and oxygen atoms in total. The van der Waals surface area contributed by atoms with Crippen LogP contribution in [0.15, 0.2) is 48.5 Å². The molecule has 0 spiro atoms. The van der Waals surface area contributed by atoms with E-state index in [4.69, 9.17) is 16.3 Å². The third kappa shape index (κ3) is 5.39. The van der Waals surface area contributed by atoms with Gasteiger partial charge >= 0.3 is 5.97 Å². The summed E-state index contributed by atoms with van der Waals surface area (Å²) >= 11 is 5.80. The molecule has 2 aromatic rings. The molecule has 1 N–H and O–H groups in total. The number of hydrogen-bond acceptors (Lipinski definition) is 3. The Morgan fingerprint density at radius 2 is 1.67 bits per heavy atom. The van der Waals surface area contributed by atoms with Gasteiger partial charge in [-0.25, -0.2) is 0 Å². The molecule has 2 rings (SSSR count). The molecular weight excluding hydrogens is 326 g/mol. The summed E-state index contributed by atoms with van der Waals surface area (Å²) < 4.78 is 5.22. The van der Waals surface area contributed by atoms with Crippen LogP contribution in [0.1, 0.15) is 29.8 Å². The molecule has 5 heteroatoms. The number of rotatable bonds is 6. The maximum Gasteiger partial charge on any atom is 0.313 e. The maximum atomic E-state index is 12.0. The first-order valence-electron chi connectivity index (χ1n) is 7.80. The largest absolute Gasteiger partial charge is 0.426 e. The van der Waals surface area contributed by atoms with E-state index in [1.54, 1.807) is 50.2 Å². The number of amides is 1. The van der Waals surface area contributed by atoms with Crippen molar-refractivity contribution in [1.82, 2.24) is 5.32 Å². The lowest BCUT2D eigenvalue weighted by Gasteiger charge is -2.08. The molecule has 0 saturated carbocycles. The minimum atomic E-state index is -0.252. The molecule has 24 heavy (non-hydrogen) atoms. The number of nitrogens with one attached hydrogen (secondary N) is 1. The minimum absolute atomic E-state index is 0.130. The molecule has 0 radical (unpaired) electrons. The van der Waals surface area contributed by atoms with Gasteiger partial charge in [0.25, 0.3) is 5.91 Å². The van der Waals surface area contributed by atoms with Gasteiger partial charge in [-0.15, -0.1) is 0 Å². The number of ether oxygens (including phenoxy) is 1. The van der Waals surface area contributed by atoms with E-state index in [2.05, 4.69) is 5.32 Å². The van der Waals surface area contributed by atoms with Gasteiger partial charge in [-0.05, 0) is 48.4 Å². The number of halogens is 1. The van der Waals surface area contributed by atoms with Gasteiger partial charge in [0, 0.05) is 17.1 Å². The zero-order valence-corrected chi connectivity index (χ0v) is 14.5. The smallest absolute Gasteiger partial charge is 0.313 e. The third-order valence-electron chi connectivity index (χ3n) is 3.42. The molecule has 126 valence electrons. The predicted molar refractivity (Wildman–Crippen MR) is 94.4 cm³/mol. The molecule has 0 unspecified atom stereocenters. The summed E-state index contributed by atoms with van der Waals surface area (Å²) in [6.45, 7) is 4.10. The Labute approximate surface area is 146 Å². The summed E-state index contributed by atoms with van der Waals surface area (Å²) in [5.41, 5.74) is 1.63. The van der Waals surface area contributed by atoms with Gasteiger partial charge in [0.2, 0.25) is 0 Å². The van der Waals surface area contributed by atoms with E-state index in [0.717, 1.165) is 5.56 Å². The maximum absolute atomic E-state index is 12.0. The summed E-state index contributed by atoms with van der Waals surface area (Å²) in [6.07, 6.45) is 0.692. The number of carbonyl (C=O) groups is 2. The van der Waals surface area contributed by atoms with E-state index < -0.39 is 0 Å². The molecule has 1 amide bonds. The fourth-order valence-electron chi connectivity index (χ4n) is 1.98. The van der Waals surface area contributed by atoms with Crippen molar-refractivity contribution in [1.29, 1.82) is 0 Å². The van der Waals surface area contributed by atoms with E-state index >= 15 is 0 Å². The van der Waals surface area contributed by atoms with Crippen molar-refractivity contribution < 1.29 is 14.3 Å². The number of carbonyl (C=O) groups excluding carboxylic acids is 2. The molecule has 2 aromatic carbocycles. The average Bonchev–Trinajstić information content (AvgIpc) is 2.56. The zero-order chi connectivity index (χ0) is 17.5. The fourth-order valence-corrected chi connectivity index (χ4v) is 2.11. The van der Waals surface area contributed by atoms with E-state index in [1.807, 2.05) is 12.1 Å². The lowest BCUT2D eigenvalue weighted by molar-refractivity contribution is -0.137. The SMILES string of the molecule is CC(C)C(=O)Oc1ccc(CCNC(=O)c2ccc(Cl)cc2)cc1. The van der Waals surface area contributed by atoms with Crippen LogP contribution in [0.5, 0.6) is 5.75 Å². The highest BCUT2D eigenvalue weighted by molar-refractivity contribution is 6.30. The molecule has 0 atom stereocenters. The first kappa shape index (κ1) is 18.0. The summed E-state index contributed by atoms with van der Waals surface area (Å²) in [6, 6.07) is 14.0. The lowest BCUT2D eigenvalue weighted by Crippen LogP contribution is -2.25. The summed E-state index contributed by atoms with van der Waals surface area (Å²) in [5.74, 6) is -0.0115. The lowest BCUT2D eigenvalue weighted by atomic mass is 10.1. The van der Waals surface area contributed by atoms with Crippen LogP contribution in [0.25, 0.3) is 0 Å². The van der Waals surface area contributed by atoms with E-state index in [1.165, 1.54) is 0 Å². The van der Waals surface area contributed by atoms with E-state index in [-0.39, 0.29) is 17.8 Å². The first-order chi connectivity index (χ1) is 11.5. The first-order valence-corrected chi connectivity index (χ1v) is 8.18. The Morgan fingerprint density at radius 3 is 2.25 bits per heavy atom. The molecule has 0 saturated heterocycles. The Balaban J connectivity index is 1.81. The van der Waals surface area contributed by atoms with Crippen LogP contribution >= 0.6 is 11.6 Å². The van der Waals surface area contributed by atoms with Crippen LogP contribution in [0.4, 0.5) is 0 Å². The molecular formula is C19H20ClNO3. The number of benzene rings is 2. The molecule has 0 aliphatic heterocycles. The Kier molecular flexibility index (Phi) is 6.38. The highest BCUT2D eigenvalue weighted by Crippen LogP contribution is 2.14. The van der Waals surface area contributed by atoms with E-state index in [0.29, 0.717) is 29.3 Å². The van der Waals surface area contributed by atoms with Gasteiger partial charge < -0.3 is 10.1 Å². The Morgan fingerprint density at radius 1 is 1.04 bits per heavy atom. The molecule has 0 aromatic heterocycles. The van der Waals surface area contributed by atoms with Crippen molar-refractivity contribution in [2.45, 2.75) is 20.3 Å². The van der Waals surface area contributed by atoms with Gasteiger partial charge in [-0.2, -0.15) is 0 Å². The fraction of sp³-hybridized carbons (Fsp3) is 0.263. The van der Waals surface area contributed by atoms with Crippen molar-refractivity contribution in [3.63, 3.8) is 0 Å². The summed E-state index contributed by atoms with van der Waals surface area (Å²) in [4.78, 5) is 23.5. The average molecular weight is 346 g/mol. The van der Waals surface area contributed by atoms with Crippen LogP contribution in [-0.4, -0.2) is 18.4 Å². The molecule has 0 bridgehead atoms. The highest BCUT2D eigenvalue weighted by atomic mass is 35.5. The summed E-state index contributed by atoms with van der Waals surface area (Å²) in [7, 11) is 0. The highest BCUT2D eigenvalue weighted by Gasteiger charge is 2.09. The van der Waals surface area contributed by atoms with Crippen LogP contribution in [0.2, 0.25) is 5.02 Å². The van der Waals surface area contributed by atoms with Crippen molar-refractivity contribution in [2.75, 3.05) is 6.54 Å². The molecule has 0 heterocycles. The topological polar surface area (TPSA) is 55.4 Å². The second-order valence-corrected chi connectivity index (χ2v) is 6.17. The summed E-state index contributed by atoms with van der Waals surface area (Å²) in [5, 5.41) is 3.46. The van der Waals surface area contributed by atoms with Crippen molar-refractivity contribution >= 4 is 23.5 Å². The minimum Gasteiger partial charge on any atom is -0.426 e. The van der Waals surface area contributed by atoms with Crippen molar-refractivity contribution in [3.05, 3.63) is 64.7 Å². The van der Waals surface area contributed by atoms with Crippen molar-refractivity contribution in [3.8, 4) is 5.75 Å². The predicted octanol–water partition coefficient (Wildman–Crippen LogP) is 3.87. The molecule has 0 aliphatic rings. The molecule has 0 aliphatic carbocycles. The van der Waals surface area contributed by atoms with Gasteiger partial charge in [-0.3, -0.25) is 9.59 Å². The molecule has 0 fully saturated rings. The Hall–Kier alpha value is -2.33. The van der Waals surface area contributed by atoms with Crippen LogP contribution < -0.4 is 10.1 Å². The van der Waals surface area contributed by atoms with Crippen LogP contribution in [0.3, 0.4) is 0 Å². The number of esters is 1. The quantitative estimate of drug-likeness (QED) is 0.638. The van der Waals surface area contributed by atoms with Crippen molar-refractivity contribution in [2.24, 2.45) is 5.92 Å². The second-order valence-electron chi connectivity index (χ2n) is 5.73. The second kappa shape index (κ2) is 8.50. The van der Waals surface area contributed by atoms with Gasteiger partial charge in [-0.1, -0.05) is 37.6 Å². The van der Waals surface area contributed by atoms with Crippen LogP contribution in [-0.2, 0) is 11.2 Å². The zero-order valence-electron chi connectivity index (χ0n) is 13.7. The van der Waals surface area contributed by atoms with E-state index in [9.17, 15) is 9.59 Å². The Bertz CT molecular complexity index is 694. The van der Waals surface area contributed by atoms with Gasteiger partial charge in [0.05, 0.1) is 5.92 Å². The van der Waals surface area contributed by atoms with Gasteiger partial charge in [0.15, 0.2) is 0 Å². The standard InChI is InChI=1S/C19H20ClNO3/c1-13(2)19(23)24-17-9-3-14(4-10-17)11-12-21-18(22)15-5-7-16(20)8-6-15/h3-10,13H,11-12H2,1-2H3,(H,21,22). The third-order valence-corrected chi connectivity index (χ3v) is 3.67. The monoisotopic (exact) mass is 345 g/mol. The normalized spacial score (nSPS) is 10.5. The van der Waals surface area contributed by atoms with Crippen LogP contribution in [0, 0.1) is 5.92 Å². The van der Waals surface area contributed by atoms with Gasteiger partial charge in [0.1, 0.15) is 5.75 Å². The number of hydrogen-bond donors (Lipinski definition) is 1.